The molecule has 0 amide bonds. The Labute approximate surface area is 518 Å². The van der Waals surface area contributed by atoms with Crippen molar-refractivity contribution in [1.29, 1.82) is 0 Å². The lowest BCUT2D eigenvalue weighted by Gasteiger charge is -2.18. The molecule has 0 aliphatic heterocycles. The topological polar surface area (TPSA) is 78.9 Å². The van der Waals surface area contributed by atoms with Crippen molar-refractivity contribution in [3.05, 3.63) is 36.5 Å². The summed E-state index contributed by atoms with van der Waals surface area (Å²) in [5, 5.41) is 0. The van der Waals surface area contributed by atoms with Gasteiger partial charge in [0.05, 0.1) is 0 Å². The standard InChI is InChI=1S/C77H144O6/c1-4-7-10-13-16-19-22-25-28-31-33-35-37-39-41-42-44-46-49-52-55-58-61-64-67-70-76(79)82-73-74(72-81-75(78)69-66-63-60-57-54-51-48-30-27-24-21-18-15-12-9-6-3)83-77(80)71-68-65-62-59-56-53-50-47-45-43-40-38-36-34-32-29-26-23-20-17-14-11-8-5-2/h22,25,30-31,33,48,74H,4-21,23-24,26-29,32,34-47,49-73H2,1-3H3/b25-22-,33-31-,48-30-. The van der Waals surface area contributed by atoms with E-state index in [1.54, 1.807) is 0 Å². The average molecular weight is 1170 g/mol. The molecule has 0 aromatic heterocycles. The summed E-state index contributed by atoms with van der Waals surface area (Å²) < 4.78 is 17.0. The molecule has 1 atom stereocenters. The van der Waals surface area contributed by atoms with Gasteiger partial charge < -0.3 is 14.2 Å². The van der Waals surface area contributed by atoms with Crippen LogP contribution in [0.25, 0.3) is 0 Å². The summed E-state index contributed by atoms with van der Waals surface area (Å²) in [6, 6.07) is 0. The van der Waals surface area contributed by atoms with E-state index in [2.05, 4.69) is 57.2 Å². The van der Waals surface area contributed by atoms with Crippen molar-refractivity contribution < 1.29 is 28.6 Å². The minimum atomic E-state index is -0.775. The smallest absolute Gasteiger partial charge is 0.306 e. The average Bonchev–Trinajstić information content (AvgIpc) is 3.50. The van der Waals surface area contributed by atoms with Gasteiger partial charge in [0.25, 0.3) is 0 Å². The van der Waals surface area contributed by atoms with Gasteiger partial charge in [-0.25, -0.2) is 0 Å². The van der Waals surface area contributed by atoms with E-state index in [9.17, 15) is 14.4 Å². The first-order valence-corrected chi connectivity index (χ1v) is 37.5. The second kappa shape index (κ2) is 72.1. The van der Waals surface area contributed by atoms with Crippen LogP contribution in [0.4, 0.5) is 0 Å². The zero-order valence-electron chi connectivity index (χ0n) is 56.2. The van der Waals surface area contributed by atoms with Gasteiger partial charge in [0.2, 0.25) is 0 Å². The van der Waals surface area contributed by atoms with E-state index >= 15 is 0 Å². The first-order chi connectivity index (χ1) is 41.0. The summed E-state index contributed by atoms with van der Waals surface area (Å²) in [5.74, 6) is -0.846. The summed E-state index contributed by atoms with van der Waals surface area (Å²) in [7, 11) is 0. The van der Waals surface area contributed by atoms with Crippen molar-refractivity contribution >= 4 is 17.9 Å². The summed E-state index contributed by atoms with van der Waals surface area (Å²) in [4.78, 5) is 38.5. The van der Waals surface area contributed by atoms with Crippen LogP contribution in [0.2, 0.25) is 0 Å². The Balaban J connectivity index is 4.27. The Bertz CT molecular complexity index is 1380. The second-order valence-electron chi connectivity index (χ2n) is 25.6. The molecule has 0 rings (SSSR count). The third-order valence-corrected chi connectivity index (χ3v) is 17.1. The SMILES string of the molecule is CCCCCCC/C=C\C/C=C\CCCCCCCCCCCCCCCC(=O)OCC(COC(=O)CCCCCCC/C=C\CCCCCCCCC)OC(=O)CCCCCCCCCCCCCCCCCCCCCCCCCC. The molecular formula is C77H144O6. The first kappa shape index (κ1) is 80.6. The number of ether oxygens (including phenoxy) is 3. The van der Waals surface area contributed by atoms with E-state index in [0.717, 1.165) is 70.6 Å². The molecule has 0 spiro atoms. The molecule has 0 saturated carbocycles. The molecule has 0 saturated heterocycles. The second-order valence-corrected chi connectivity index (χ2v) is 25.6. The number of unbranched alkanes of at least 4 members (excludes halogenated alkanes) is 53. The van der Waals surface area contributed by atoms with Gasteiger partial charge >= 0.3 is 17.9 Å². The maximum atomic E-state index is 13.0. The van der Waals surface area contributed by atoms with Crippen LogP contribution in [0.15, 0.2) is 36.5 Å². The molecule has 0 radical (unpaired) electrons. The zero-order valence-corrected chi connectivity index (χ0v) is 56.2. The van der Waals surface area contributed by atoms with Crippen LogP contribution in [0.5, 0.6) is 0 Å². The lowest BCUT2D eigenvalue weighted by molar-refractivity contribution is -0.167. The Hall–Kier alpha value is -2.37. The highest BCUT2D eigenvalue weighted by Crippen LogP contribution is 2.19. The van der Waals surface area contributed by atoms with Crippen LogP contribution in [0.3, 0.4) is 0 Å². The molecule has 0 fully saturated rings. The highest BCUT2D eigenvalue weighted by molar-refractivity contribution is 5.71. The maximum absolute atomic E-state index is 13.0. The monoisotopic (exact) mass is 1170 g/mol. The molecule has 0 N–H and O–H groups in total. The Morgan fingerprint density at radius 3 is 0.675 bits per heavy atom. The number of hydrogen-bond acceptors (Lipinski definition) is 6. The fourth-order valence-corrected chi connectivity index (χ4v) is 11.5. The number of carbonyl (C=O) groups excluding carboxylic acids is 3. The lowest BCUT2D eigenvalue weighted by atomic mass is 10.0. The molecule has 488 valence electrons. The Morgan fingerprint density at radius 1 is 0.241 bits per heavy atom. The number of hydrogen-bond donors (Lipinski definition) is 0. The van der Waals surface area contributed by atoms with E-state index < -0.39 is 6.10 Å². The van der Waals surface area contributed by atoms with E-state index in [4.69, 9.17) is 14.2 Å². The van der Waals surface area contributed by atoms with E-state index in [0.29, 0.717) is 19.3 Å². The molecular weight excluding hydrogens is 1020 g/mol. The van der Waals surface area contributed by atoms with Crippen LogP contribution in [0, 0.1) is 0 Å². The molecule has 83 heavy (non-hydrogen) atoms. The summed E-state index contributed by atoms with van der Waals surface area (Å²) in [5.41, 5.74) is 0. The van der Waals surface area contributed by atoms with Crippen LogP contribution in [0.1, 0.15) is 419 Å². The quantitative estimate of drug-likeness (QED) is 0.0261. The first-order valence-electron chi connectivity index (χ1n) is 37.5. The van der Waals surface area contributed by atoms with Gasteiger partial charge in [0, 0.05) is 19.3 Å². The number of rotatable bonds is 70. The fraction of sp³-hybridized carbons (Fsp3) is 0.883. The normalized spacial score (nSPS) is 12.2. The third-order valence-electron chi connectivity index (χ3n) is 17.1. The highest BCUT2D eigenvalue weighted by atomic mass is 16.6. The van der Waals surface area contributed by atoms with Crippen LogP contribution in [-0.4, -0.2) is 37.2 Å². The third kappa shape index (κ3) is 70.3. The largest absolute Gasteiger partial charge is 0.462 e. The van der Waals surface area contributed by atoms with Gasteiger partial charge in [0.15, 0.2) is 6.10 Å². The predicted octanol–water partition coefficient (Wildman–Crippen LogP) is 25.9. The van der Waals surface area contributed by atoms with Crippen molar-refractivity contribution in [1.82, 2.24) is 0 Å². The number of allylic oxidation sites excluding steroid dienone is 6. The van der Waals surface area contributed by atoms with E-state index in [1.165, 1.54) is 308 Å². The zero-order chi connectivity index (χ0) is 59.9. The maximum Gasteiger partial charge on any atom is 0.306 e. The minimum Gasteiger partial charge on any atom is -0.462 e. The molecule has 0 aromatic carbocycles. The van der Waals surface area contributed by atoms with Gasteiger partial charge in [-0.15, -0.1) is 0 Å². The summed E-state index contributed by atoms with van der Waals surface area (Å²) in [6.07, 6.45) is 90.4. The molecule has 6 heteroatoms. The van der Waals surface area contributed by atoms with E-state index in [-0.39, 0.29) is 31.1 Å². The van der Waals surface area contributed by atoms with Crippen LogP contribution < -0.4 is 0 Å². The van der Waals surface area contributed by atoms with Gasteiger partial charge in [0.1, 0.15) is 13.2 Å². The molecule has 0 aliphatic carbocycles. The van der Waals surface area contributed by atoms with Crippen LogP contribution >= 0.6 is 0 Å². The van der Waals surface area contributed by atoms with Crippen molar-refractivity contribution in [2.45, 2.75) is 425 Å². The van der Waals surface area contributed by atoms with Crippen LogP contribution in [-0.2, 0) is 28.6 Å². The summed E-state index contributed by atoms with van der Waals surface area (Å²) >= 11 is 0. The van der Waals surface area contributed by atoms with Crippen molar-refractivity contribution in [2.24, 2.45) is 0 Å². The molecule has 0 heterocycles. The summed E-state index contributed by atoms with van der Waals surface area (Å²) in [6.45, 7) is 6.71. The van der Waals surface area contributed by atoms with Crippen molar-refractivity contribution in [3.63, 3.8) is 0 Å². The number of carbonyl (C=O) groups is 3. The van der Waals surface area contributed by atoms with Crippen molar-refractivity contribution in [3.8, 4) is 0 Å². The van der Waals surface area contributed by atoms with Gasteiger partial charge in [-0.3, -0.25) is 14.4 Å². The molecule has 0 aromatic rings. The van der Waals surface area contributed by atoms with Gasteiger partial charge in [-0.2, -0.15) is 0 Å². The Kier molecular flexibility index (Phi) is 70.0. The van der Waals surface area contributed by atoms with Crippen molar-refractivity contribution in [2.75, 3.05) is 13.2 Å². The minimum absolute atomic E-state index is 0.0699. The fourth-order valence-electron chi connectivity index (χ4n) is 11.5. The van der Waals surface area contributed by atoms with Gasteiger partial charge in [-0.05, 0) is 77.0 Å². The highest BCUT2D eigenvalue weighted by Gasteiger charge is 2.20. The Morgan fingerprint density at radius 2 is 0.434 bits per heavy atom. The lowest BCUT2D eigenvalue weighted by Crippen LogP contribution is -2.30. The molecule has 0 aliphatic rings. The van der Waals surface area contributed by atoms with E-state index in [1.807, 2.05) is 0 Å². The molecule has 6 nitrogen and oxygen atoms in total. The molecule has 0 bridgehead atoms. The molecule has 1 unspecified atom stereocenters. The predicted molar refractivity (Wildman–Crippen MR) is 362 cm³/mol. The number of esters is 3. The van der Waals surface area contributed by atoms with Gasteiger partial charge in [-0.1, -0.05) is 359 Å².